The molecule has 1 atom stereocenters. The number of hydrogen-bond acceptors (Lipinski definition) is 5. The highest BCUT2D eigenvalue weighted by molar-refractivity contribution is 7.99. The summed E-state index contributed by atoms with van der Waals surface area (Å²) in [6, 6.07) is 9.25. The van der Waals surface area contributed by atoms with E-state index < -0.39 is 0 Å². The minimum absolute atomic E-state index is 0.0437. The van der Waals surface area contributed by atoms with Gasteiger partial charge in [0.05, 0.1) is 13.2 Å². The summed E-state index contributed by atoms with van der Waals surface area (Å²) < 4.78 is 6.86. The molecular weight excluding hydrogens is 350 g/mol. The minimum Gasteiger partial charge on any atom is -0.497 e. The number of benzene rings is 1. The van der Waals surface area contributed by atoms with Crippen LogP contribution in [0.2, 0.25) is 0 Å². The zero-order valence-electron chi connectivity index (χ0n) is 15.0. The van der Waals surface area contributed by atoms with E-state index in [0.717, 1.165) is 35.0 Å². The number of hydrogen-bond donors (Lipinski definition) is 1. The van der Waals surface area contributed by atoms with Crippen LogP contribution in [0.25, 0.3) is 0 Å². The van der Waals surface area contributed by atoms with E-state index in [2.05, 4.69) is 10.3 Å². The molecule has 1 N–H and O–H groups in total. The number of fused-ring (bicyclic) bond motifs is 1. The SMILES string of the molecule is CCc1cc(=O)n2c(n1)SCC2CC(=O)NCCc1cccc(OC)c1. The Bertz CT molecular complexity index is 850. The van der Waals surface area contributed by atoms with Gasteiger partial charge >= 0.3 is 0 Å². The summed E-state index contributed by atoms with van der Waals surface area (Å²) >= 11 is 1.54. The zero-order valence-corrected chi connectivity index (χ0v) is 15.8. The number of carbonyl (C=O) groups excluding carboxylic acids is 1. The van der Waals surface area contributed by atoms with Crippen molar-refractivity contribution >= 4 is 17.7 Å². The van der Waals surface area contributed by atoms with Crippen molar-refractivity contribution in [1.29, 1.82) is 0 Å². The molecule has 2 heterocycles. The molecule has 1 aliphatic heterocycles. The van der Waals surface area contributed by atoms with Crippen molar-refractivity contribution < 1.29 is 9.53 Å². The summed E-state index contributed by atoms with van der Waals surface area (Å²) in [7, 11) is 1.64. The predicted octanol–water partition coefficient (Wildman–Crippen LogP) is 2.21. The Labute approximate surface area is 157 Å². The molecule has 0 bridgehead atoms. The molecule has 0 aliphatic carbocycles. The smallest absolute Gasteiger partial charge is 0.254 e. The van der Waals surface area contributed by atoms with Crippen molar-refractivity contribution in [3.05, 3.63) is 51.9 Å². The number of thioether (sulfide) groups is 1. The van der Waals surface area contributed by atoms with Crippen LogP contribution in [-0.2, 0) is 17.6 Å². The van der Waals surface area contributed by atoms with E-state index in [0.29, 0.717) is 18.7 Å². The highest BCUT2D eigenvalue weighted by Crippen LogP contribution is 2.31. The molecular formula is C19H23N3O3S. The monoisotopic (exact) mass is 373 g/mol. The van der Waals surface area contributed by atoms with Gasteiger partial charge in [-0.15, -0.1) is 0 Å². The van der Waals surface area contributed by atoms with E-state index >= 15 is 0 Å². The third-order valence-corrected chi connectivity index (χ3v) is 5.49. The Balaban J connectivity index is 1.54. The van der Waals surface area contributed by atoms with Gasteiger partial charge in [0.2, 0.25) is 5.91 Å². The first kappa shape index (κ1) is 18.5. The maximum absolute atomic E-state index is 12.3. The van der Waals surface area contributed by atoms with Gasteiger partial charge in [-0.3, -0.25) is 14.2 Å². The van der Waals surface area contributed by atoms with Crippen molar-refractivity contribution in [3.63, 3.8) is 0 Å². The van der Waals surface area contributed by atoms with Gasteiger partial charge in [0.15, 0.2) is 5.16 Å². The number of nitrogens with one attached hydrogen (secondary N) is 1. The molecule has 1 aliphatic rings. The van der Waals surface area contributed by atoms with E-state index in [1.54, 1.807) is 29.5 Å². The minimum atomic E-state index is -0.127. The van der Waals surface area contributed by atoms with Crippen LogP contribution in [-0.4, -0.2) is 34.9 Å². The molecule has 3 rings (SSSR count). The first-order chi connectivity index (χ1) is 12.6. The molecule has 0 fully saturated rings. The van der Waals surface area contributed by atoms with Gasteiger partial charge < -0.3 is 10.1 Å². The van der Waals surface area contributed by atoms with Gasteiger partial charge in [-0.05, 0) is 30.5 Å². The molecule has 0 saturated heterocycles. The lowest BCUT2D eigenvalue weighted by Crippen LogP contribution is -2.31. The van der Waals surface area contributed by atoms with Gasteiger partial charge in [0.25, 0.3) is 5.56 Å². The number of aromatic nitrogens is 2. The molecule has 0 saturated carbocycles. The number of ether oxygens (including phenoxy) is 1. The lowest BCUT2D eigenvalue weighted by atomic mass is 10.1. The van der Waals surface area contributed by atoms with Crippen LogP contribution < -0.4 is 15.6 Å². The lowest BCUT2D eigenvalue weighted by Gasteiger charge is -2.13. The Hall–Kier alpha value is -2.28. The topological polar surface area (TPSA) is 73.2 Å². The van der Waals surface area contributed by atoms with Gasteiger partial charge in [-0.2, -0.15) is 0 Å². The molecule has 2 aromatic rings. The number of carbonyl (C=O) groups is 1. The van der Waals surface area contributed by atoms with Gasteiger partial charge in [0.1, 0.15) is 5.75 Å². The number of amides is 1. The molecule has 26 heavy (non-hydrogen) atoms. The first-order valence-corrected chi connectivity index (χ1v) is 9.74. The Kier molecular flexibility index (Phi) is 5.98. The number of nitrogens with zero attached hydrogens (tertiary/aromatic N) is 2. The van der Waals surface area contributed by atoms with E-state index in [1.807, 2.05) is 31.2 Å². The summed E-state index contributed by atoms with van der Waals surface area (Å²) in [6.07, 6.45) is 1.77. The molecule has 6 nitrogen and oxygen atoms in total. The van der Waals surface area contributed by atoms with Crippen LogP contribution in [0.1, 0.15) is 30.6 Å². The normalized spacial score (nSPS) is 15.5. The third kappa shape index (κ3) is 4.27. The second kappa shape index (κ2) is 8.40. The molecule has 138 valence electrons. The van der Waals surface area contributed by atoms with Crippen LogP contribution >= 0.6 is 11.8 Å². The second-order valence-corrected chi connectivity index (χ2v) is 7.20. The Morgan fingerprint density at radius 2 is 2.27 bits per heavy atom. The van der Waals surface area contributed by atoms with Crippen molar-refractivity contribution in [1.82, 2.24) is 14.9 Å². The van der Waals surface area contributed by atoms with Crippen molar-refractivity contribution in [3.8, 4) is 5.75 Å². The van der Waals surface area contributed by atoms with Crippen molar-refractivity contribution in [2.45, 2.75) is 37.4 Å². The van der Waals surface area contributed by atoms with Gasteiger partial charge in [-0.1, -0.05) is 30.8 Å². The highest BCUT2D eigenvalue weighted by atomic mass is 32.2. The summed E-state index contributed by atoms with van der Waals surface area (Å²) in [5.74, 6) is 1.48. The maximum Gasteiger partial charge on any atom is 0.254 e. The summed E-state index contributed by atoms with van der Waals surface area (Å²) in [5, 5.41) is 3.67. The predicted molar refractivity (Wildman–Crippen MR) is 102 cm³/mol. The average Bonchev–Trinajstić information content (AvgIpc) is 3.05. The van der Waals surface area contributed by atoms with E-state index in [1.165, 1.54) is 0 Å². The second-order valence-electron chi connectivity index (χ2n) is 6.21. The number of aryl methyl sites for hydroxylation is 1. The fraction of sp³-hybridized carbons (Fsp3) is 0.421. The van der Waals surface area contributed by atoms with Crippen LogP contribution in [0.5, 0.6) is 5.75 Å². The zero-order chi connectivity index (χ0) is 18.5. The Morgan fingerprint density at radius 3 is 3.04 bits per heavy atom. The fourth-order valence-corrected chi connectivity index (χ4v) is 4.16. The van der Waals surface area contributed by atoms with E-state index in [-0.39, 0.29) is 17.5 Å². The average molecular weight is 373 g/mol. The molecule has 1 aromatic heterocycles. The largest absolute Gasteiger partial charge is 0.497 e. The molecule has 1 aromatic carbocycles. The molecule has 1 unspecified atom stereocenters. The van der Waals surface area contributed by atoms with Crippen LogP contribution in [0, 0.1) is 0 Å². The Morgan fingerprint density at radius 1 is 1.42 bits per heavy atom. The van der Waals surface area contributed by atoms with Crippen LogP contribution in [0.4, 0.5) is 0 Å². The highest BCUT2D eigenvalue weighted by Gasteiger charge is 2.27. The van der Waals surface area contributed by atoms with Gasteiger partial charge in [-0.25, -0.2) is 4.98 Å². The van der Waals surface area contributed by atoms with Gasteiger partial charge in [0, 0.05) is 30.5 Å². The molecule has 1 amide bonds. The van der Waals surface area contributed by atoms with Crippen molar-refractivity contribution in [2.24, 2.45) is 0 Å². The maximum atomic E-state index is 12.3. The summed E-state index contributed by atoms with van der Waals surface area (Å²) in [4.78, 5) is 29.1. The van der Waals surface area contributed by atoms with E-state index in [4.69, 9.17) is 4.74 Å². The molecule has 0 spiro atoms. The summed E-state index contributed by atoms with van der Waals surface area (Å²) in [5.41, 5.74) is 1.85. The third-order valence-electron chi connectivity index (χ3n) is 4.40. The number of methoxy groups -OCH3 is 1. The van der Waals surface area contributed by atoms with E-state index in [9.17, 15) is 9.59 Å². The fourth-order valence-electron chi connectivity index (χ4n) is 2.99. The van der Waals surface area contributed by atoms with Crippen LogP contribution in [0.3, 0.4) is 0 Å². The standard InChI is InChI=1S/C19H23N3O3S/c1-3-14-10-18(24)22-15(12-26-19(22)21-14)11-17(23)20-8-7-13-5-4-6-16(9-13)25-2/h4-6,9-10,15H,3,7-8,11-12H2,1-2H3,(H,20,23). The first-order valence-electron chi connectivity index (χ1n) is 8.75. The molecule has 0 radical (unpaired) electrons. The lowest BCUT2D eigenvalue weighted by molar-refractivity contribution is -0.121. The van der Waals surface area contributed by atoms with Crippen LogP contribution in [0.15, 0.2) is 40.3 Å². The number of rotatable bonds is 7. The quantitative estimate of drug-likeness (QED) is 0.754. The summed E-state index contributed by atoms with van der Waals surface area (Å²) in [6.45, 7) is 2.53. The van der Waals surface area contributed by atoms with Crippen molar-refractivity contribution in [2.75, 3.05) is 19.4 Å². The molecule has 7 heteroatoms.